The van der Waals surface area contributed by atoms with Crippen molar-refractivity contribution < 1.29 is 19.4 Å². The zero-order chi connectivity index (χ0) is 14.7. The molecule has 0 unspecified atom stereocenters. The first-order chi connectivity index (χ1) is 9.49. The van der Waals surface area contributed by atoms with Gasteiger partial charge in [-0.3, -0.25) is 0 Å². The molecule has 2 aromatic rings. The summed E-state index contributed by atoms with van der Waals surface area (Å²) >= 11 is 3.36. The lowest BCUT2D eigenvalue weighted by Crippen LogP contribution is -2.00. The van der Waals surface area contributed by atoms with Gasteiger partial charge >= 0.3 is 5.97 Å². The molecular weight excluding hydrogens is 326 g/mol. The molecule has 5 nitrogen and oxygen atoms in total. The van der Waals surface area contributed by atoms with Gasteiger partial charge in [-0.15, -0.1) is 0 Å². The van der Waals surface area contributed by atoms with E-state index >= 15 is 0 Å². The molecule has 1 aromatic carbocycles. The number of pyridine rings is 1. The van der Waals surface area contributed by atoms with E-state index < -0.39 is 5.97 Å². The molecule has 0 aliphatic rings. The third kappa shape index (κ3) is 3.27. The Balaban J connectivity index is 2.32. The van der Waals surface area contributed by atoms with E-state index in [4.69, 9.17) is 14.6 Å². The Morgan fingerprint density at radius 2 is 2.05 bits per heavy atom. The van der Waals surface area contributed by atoms with Crippen LogP contribution in [-0.4, -0.2) is 23.2 Å². The second-order valence-corrected chi connectivity index (χ2v) is 4.89. The van der Waals surface area contributed by atoms with Gasteiger partial charge in [0, 0.05) is 11.8 Å². The Hall–Kier alpha value is -2.08. The van der Waals surface area contributed by atoms with Crippen molar-refractivity contribution in [2.24, 2.45) is 0 Å². The summed E-state index contributed by atoms with van der Waals surface area (Å²) < 4.78 is 11.4. The molecule has 1 N–H and O–H groups in total. The Kier molecular flexibility index (Phi) is 4.24. The maximum Gasteiger partial charge on any atom is 0.335 e. The third-order valence-corrected chi connectivity index (χ3v) is 3.15. The molecule has 0 amide bonds. The highest BCUT2D eigenvalue weighted by Crippen LogP contribution is 2.32. The number of halogens is 1. The molecule has 0 aliphatic heterocycles. The molecule has 104 valence electrons. The summed E-state index contributed by atoms with van der Waals surface area (Å²) in [5.41, 5.74) is 0.710. The van der Waals surface area contributed by atoms with Crippen LogP contribution in [0.3, 0.4) is 0 Å². The standard InChI is InChI=1S/C14H12BrNO4/c1-8-5-9(14(17)18)6-13(16-8)20-12-4-3-10(19-2)7-11(12)15/h3-7H,1-2H3,(H,17,18). The number of aromatic carboxylic acids is 1. The predicted molar refractivity (Wildman–Crippen MR) is 76.7 cm³/mol. The van der Waals surface area contributed by atoms with Crippen molar-refractivity contribution in [3.8, 4) is 17.4 Å². The largest absolute Gasteiger partial charge is 0.497 e. The first kappa shape index (κ1) is 14.3. The van der Waals surface area contributed by atoms with Crippen molar-refractivity contribution in [3.05, 3.63) is 46.1 Å². The second kappa shape index (κ2) is 5.92. The maximum atomic E-state index is 11.0. The fourth-order valence-electron chi connectivity index (χ4n) is 1.62. The lowest BCUT2D eigenvalue weighted by molar-refractivity contribution is 0.0696. The van der Waals surface area contributed by atoms with E-state index in [-0.39, 0.29) is 11.4 Å². The van der Waals surface area contributed by atoms with Gasteiger partial charge in [0.2, 0.25) is 5.88 Å². The Bertz CT molecular complexity index is 658. The minimum absolute atomic E-state index is 0.136. The summed E-state index contributed by atoms with van der Waals surface area (Å²) in [6, 6.07) is 8.08. The molecule has 0 fully saturated rings. The van der Waals surface area contributed by atoms with Crippen molar-refractivity contribution in [1.29, 1.82) is 0 Å². The smallest absolute Gasteiger partial charge is 0.335 e. The van der Waals surface area contributed by atoms with E-state index in [1.165, 1.54) is 12.1 Å². The van der Waals surface area contributed by atoms with Crippen LogP contribution in [0.25, 0.3) is 0 Å². The molecule has 0 radical (unpaired) electrons. The fourth-order valence-corrected chi connectivity index (χ4v) is 2.06. The van der Waals surface area contributed by atoms with Crippen LogP contribution >= 0.6 is 15.9 Å². The Labute approximate surface area is 124 Å². The van der Waals surface area contributed by atoms with Gasteiger partial charge in [0.25, 0.3) is 0 Å². The summed E-state index contributed by atoms with van der Waals surface area (Å²) in [5.74, 6) is 0.426. The molecule has 1 aromatic heterocycles. The topological polar surface area (TPSA) is 68.7 Å². The highest BCUT2D eigenvalue weighted by molar-refractivity contribution is 9.10. The molecular formula is C14H12BrNO4. The molecule has 6 heteroatoms. The molecule has 1 heterocycles. The molecule has 0 bridgehead atoms. The molecule has 0 saturated heterocycles. The van der Waals surface area contributed by atoms with Crippen molar-refractivity contribution >= 4 is 21.9 Å². The summed E-state index contributed by atoms with van der Waals surface area (Å²) in [4.78, 5) is 15.2. The first-order valence-electron chi connectivity index (χ1n) is 5.73. The highest BCUT2D eigenvalue weighted by atomic mass is 79.9. The van der Waals surface area contributed by atoms with E-state index in [2.05, 4.69) is 20.9 Å². The van der Waals surface area contributed by atoms with Crippen molar-refractivity contribution in [3.63, 3.8) is 0 Å². The molecule has 2 rings (SSSR count). The van der Waals surface area contributed by atoms with Crippen LogP contribution in [0.5, 0.6) is 17.4 Å². The molecule has 0 atom stereocenters. The number of carbonyl (C=O) groups is 1. The predicted octanol–water partition coefficient (Wildman–Crippen LogP) is 3.65. The van der Waals surface area contributed by atoms with Crippen LogP contribution in [0.15, 0.2) is 34.8 Å². The number of ether oxygens (including phenoxy) is 2. The normalized spacial score (nSPS) is 10.2. The van der Waals surface area contributed by atoms with Gasteiger partial charge in [0.05, 0.1) is 17.1 Å². The number of carboxylic acids is 1. The van der Waals surface area contributed by atoms with Crippen LogP contribution in [-0.2, 0) is 0 Å². The molecule has 0 spiro atoms. The van der Waals surface area contributed by atoms with E-state index in [0.717, 1.165) is 0 Å². The van der Waals surface area contributed by atoms with Gasteiger partial charge in [-0.1, -0.05) is 0 Å². The number of rotatable bonds is 4. The highest BCUT2D eigenvalue weighted by Gasteiger charge is 2.10. The summed E-state index contributed by atoms with van der Waals surface area (Å²) in [6.07, 6.45) is 0. The maximum absolute atomic E-state index is 11.0. The van der Waals surface area contributed by atoms with Crippen molar-refractivity contribution in [1.82, 2.24) is 4.98 Å². The van der Waals surface area contributed by atoms with E-state index in [0.29, 0.717) is 21.7 Å². The lowest BCUT2D eigenvalue weighted by atomic mass is 10.2. The average Bonchev–Trinajstić information content (AvgIpc) is 2.40. The van der Waals surface area contributed by atoms with Crippen LogP contribution in [0.2, 0.25) is 0 Å². The minimum Gasteiger partial charge on any atom is -0.497 e. The summed E-state index contributed by atoms with van der Waals surface area (Å²) in [5, 5.41) is 9.01. The van der Waals surface area contributed by atoms with E-state index in [1.54, 1.807) is 32.2 Å². The van der Waals surface area contributed by atoms with E-state index in [1.807, 2.05) is 0 Å². The lowest BCUT2D eigenvalue weighted by Gasteiger charge is -2.09. The van der Waals surface area contributed by atoms with Crippen molar-refractivity contribution in [2.75, 3.05) is 7.11 Å². The van der Waals surface area contributed by atoms with Gasteiger partial charge in [-0.05, 0) is 47.1 Å². The van der Waals surface area contributed by atoms with Gasteiger partial charge in [-0.2, -0.15) is 0 Å². The monoisotopic (exact) mass is 337 g/mol. The van der Waals surface area contributed by atoms with Crippen LogP contribution in [0.1, 0.15) is 16.1 Å². The Morgan fingerprint density at radius 3 is 2.65 bits per heavy atom. The summed E-state index contributed by atoms with van der Waals surface area (Å²) in [6.45, 7) is 1.71. The third-order valence-electron chi connectivity index (χ3n) is 2.53. The molecule has 0 aliphatic carbocycles. The number of aryl methyl sites for hydroxylation is 1. The summed E-state index contributed by atoms with van der Waals surface area (Å²) in [7, 11) is 1.57. The first-order valence-corrected chi connectivity index (χ1v) is 6.52. The zero-order valence-electron chi connectivity index (χ0n) is 10.9. The van der Waals surface area contributed by atoms with Gasteiger partial charge < -0.3 is 14.6 Å². The SMILES string of the molecule is COc1ccc(Oc2cc(C(=O)O)cc(C)n2)c(Br)c1. The quantitative estimate of drug-likeness (QED) is 0.922. The van der Waals surface area contributed by atoms with Gasteiger partial charge in [0.15, 0.2) is 0 Å². The van der Waals surface area contributed by atoms with Crippen LogP contribution in [0, 0.1) is 6.92 Å². The number of hydrogen-bond acceptors (Lipinski definition) is 4. The van der Waals surface area contributed by atoms with Crippen LogP contribution in [0.4, 0.5) is 0 Å². The number of methoxy groups -OCH3 is 1. The molecule has 0 saturated carbocycles. The van der Waals surface area contributed by atoms with E-state index in [9.17, 15) is 4.79 Å². The Morgan fingerprint density at radius 1 is 1.30 bits per heavy atom. The fraction of sp³-hybridized carbons (Fsp3) is 0.143. The number of benzene rings is 1. The minimum atomic E-state index is -1.02. The number of aromatic nitrogens is 1. The average molecular weight is 338 g/mol. The second-order valence-electron chi connectivity index (χ2n) is 4.04. The molecule has 20 heavy (non-hydrogen) atoms. The van der Waals surface area contributed by atoms with Gasteiger partial charge in [-0.25, -0.2) is 9.78 Å². The number of carboxylic acid groups (broad SMARTS) is 1. The zero-order valence-corrected chi connectivity index (χ0v) is 12.5. The van der Waals surface area contributed by atoms with Gasteiger partial charge in [0.1, 0.15) is 11.5 Å². The number of nitrogens with zero attached hydrogens (tertiary/aromatic N) is 1. The van der Waals surface area contributed by atoms with Crippen molar-refractivity contribution in [2.45, 2.75) is 6.92 Å². The number of hydrogen-bond donors (Lipinski definition) is 1. The van der Waals surface area contributed by atoms with Crippen LogP contribution < -0.4 is 9.47 Å².